The molecule has 6 heteroatoms. The van der Waals surface area contributed by atoms with Crippen LogP contribution in [0.25, 0.3) is 0 Å². The number of halogens is 1. The Kier molecular flexibility index (Phi) is 4.51. The Balaban J connectivity index is 1.33. The maximum Gasteiger partial charge on any atom is 0.256 e. The van der Waals surface area contributed by atoms with Crippen molar-refractivity contribution in [2.75, 3.05) is 13.1 Å². The van der Waals surface area contributed by atoms with Gasteiger partial charge < -0.3 is 9.47 Å². The van der Waals surface area contributed by atoms with Crippen molar-refractivity contribution in [2.24, 2.45) is 11.8 Å². The molecule has 1 amide bonds. The van der Waals surface area contributed by atoms with Gasteiger partial charge in [0.05, 0.1) is 5.56 Å². The number of hydrogen-bond donors (Lipinski definition) is 0. The maximum absolute atomic E-state index is 13.8. The molecule has 4 rings (SSSR count). The Morgan fingerprint density at radius 1 is 1.12 bits per heavy atom. The number of carbonyl (C=O) groups is 1. The summed E-state index contributed by atoms with van der Waals surface area (Å²) in [6, 6.07) is 6.21. The van der Waals surface area contributed by atoms with Crippen LogP contribution in [0, 0.1) is 17.7 Å². The smallest absolute Gasteiger partial charge is 0.256 e. The van der Waals surface area contributed by atoms with Crippen LogP contribution >= 0.6 is 0 Å². The SMILES string of the molecule is O=C(c1ccccc1F)N1CCC(Cc2nncn2CC2CC2)CC1. The van der Waals surface area contributed by atoms with Crippen LogP contribution < -0.4 is 0 Å². The van der Waals surface area contributed by atoms with Crippen LogP contribution in [0.3, 0.4) is 0 Å². The van der Waals surface area contributed by atoms with Gasteiger partial charge in [0.2, 0.25) is 0 Å². The zero-order chi connectivity index (χ0) is 17.2. The lowest BCUT2D eigenvalue weighted by molar-refractivity contribution is 0.0684. The van der Waals surface area contributed by atoms with Crippen LogP contribution in [-0.2, 0) is 13.0 Å². The molecule has 25 heavy (non-hydrogen) atoms. The molecule has 1 saturated heterocycles. The Hall–Kier alpha value is -2.24. The minimum Gasteiger partial charge on any atom is -0.339 e. The number of amides is 1. The quantitative estimate of drug-likeness (QED) is 0.839. The number of carbonyl (C=O) groups excluding carboxylic acids is 1. The average molecular weight is 342 g/mol. The van der Waals surface area contributed by atoms with Crippen molar-refractivity contribution in [3.63, 3.8) is 0 Å². The van der Waals surface area contributed by atoms with Gasteiger partial charge in [-0.25, -0.2) is 4.39 Å². The van der Waals surface area contributed by atoms with E-state index in [9.17, 15) is 9.18 Å². The summed E-state index contributed by atoms with van der Waals surface area (Å²) in [6.07, 6.45) is 7.23. The first-order chi connectivity index (χ1) is 12.2. The first kappa shape index (κ1) is 16.2. The highest BCUT2D eigenvalue weighted by Crippen LogP contribution is 2.31. The third kappa shape index (κ3) is 3.72. The fourth-order valence-corrected chi connectivity index (χ4v) is 3.57. The molecule has 0 N–H and O–H groups in total. The van der Waals surface area contributed by atoms with Gasteiger partial charge >= 0.3 is 0 Å². The Bertz CT molecular complexity index is 747. The van der Waals surface area contributed by atoms with Gasteiger partial charge in [0.25, 0.3) is 5.91 Å². The van der Waals surface area contributed by atoms with Crippen LogP contribution in [-0.4, -0.2) is 38.7 Å². The zero-order valence-electron chi connectivity index (χ0n) is 14.3. The molecule has 132 valence electrons. The molecule has 0 bridgehead atoms. The molecule has 5 nitrogen and oxygen atoms in total. The lowest BCUT2D eigenvalue weighted by atomic mass is 9.92. The highest BCUT2D eigenvalue weighted by atomic mass is 19.1. The molecular weight excluding hydrogens is 319 g/mol. The number of hydrogen-bond acceptors (Lipinski definition) is 3. The Morgan fingerprint density at radius 3 is 2.60 bits per heavy atom. The van der Waals surface area contributed by atoms with Crippen molar-refractivity contribution >= 4 is 5.91 Å². The molecule has 2 aliphatic rings. The van der Waals surface area contributed by atoms with Gasteiger partial charge in [-0.15, -0.1) is 10.2 Å². The molecule has 2 aromatic rings. The summed E-state index contributed by atoms with van der Waals surface area (Å²) in [6.45, 7) is 2.39. The predicted octanol–water partition coefficient (Wildman–Crippen LogP) is 2.92. The fraction of sp³-hybridized carbons (Fsp3) is 0.526. The minimum absolute atomic E-state index is 0.171. The fourth-order valence-electron chi connectivity index (χ4n) is 3.57. The summed E-state index contributed by atoms with van der Waals surface area (Å²) >= 11 is 0. The van der Waals surface area contributed by atoms with Crippen molar-refractivity contribution in [1.82, 2.24) is 19.7 Å². The summed E-state index contributed by atoms with van der Waals surface area (Å²) < 4.78 is 16.0. The normalized spacial score (nSPS) is 18.5. The van der Waals surface area contributed by atoms with E-state index >= 15 is 0 Å². The molecule has 0 atom stereocenters. The van der Waals surface area contributed by atoms with Crippen molar-refractivity contribution < 1.29 is 9.18 Å². The average Bonchev–Trinajstić information content (AvgIpc) is 3.35. The van der Waals surface area contributed by atoms with Crippen molar-refractivity contribution in [3.05, 3.63) is 47.8 Å². The minimum atomic E-state index is -0.442. The summed E-state index contributed by atoms with van der Waals surface area (Å²) in [5.41, 5.74) is 0.171. The highest BCUT2D eigenvalue weighted by molar-refractivity contribution is 5.94. The standard InChI is InChI=1S/C19H23FN4O/c20-17-4-2-1-3-16(17)19(25)23-9-7-14(8-10-23)11-18-22-21-13-24(18)12-15-5-6-15/h1-4,13-15H,5-12H2. The first-order valence-corrected chi connectivity index (χ1v) is 9.11. The van der Waals surface area contributed by atoms with E-state index in [0.717, 1.165) is 37.5 Å². The van der Waals surface area contributed by atoms with E-state index in [1.54, 1.807) is 23.1 Å². The predicted molar refractivity (Wildman–Crippen MR) is 91.5 cm³/mol. The third-order valence-corrected chi connectivity index (χ3v) is 5.32. The number of aromatic nitrogens is 3. The second-order valence-electron chi connectivity index (χ2n) is 7.26. The molecule has 1 aliphatic heterocycles. The summed E-state index contributed by atoms with van der Waals surface area (Å²) in [5.74, 6) is 1.73. The van der Waals surface area contributed by atoms with Crippen molar-refractivity contribution in [2.45, 2.75) is 38.6 Å². The molecule has 1 aromatic carbocycles. The van der Waals surface area contributed by atoms with Crippen LogP contribution in [0.2, 0.25) is 0 Å². The van der Waals surface area contributed by atoms with Crippen LogP contribution in [0.4, 0.5) is 4.39 Å². The molecule has 1 aliphatic carbocycles. The third-order valence-electron chi connectivity index (χ3n) is 5.32. The monoisotopic (exact) mass is 342 g/mol. The van der Waals surface area contributed by atoms with Gasteiger partial charge in [0.15, 0.2) is 0 Å². The molecule has 1 aromatic heterocycles. The summed E-state index contributed by atoms with van der Waals surface area (Å²) in [5, 5.41) is 8.36. The molecule has 0 spiro atoms. The van der Waals surface area contributed by atoms with E-state index in [0.29, 0.717) is 19.0 Å². The number of benzene rings is 1. The van der Waals surface area contributed by atoms with Gasteiger partial charge in [-0.3, -0.25) is 4.79 Å². The van der Waals surface area contributed by atoms with Crippen LogP contribution in [0.15, 0.2) is 30.6 Å². The lowest BCUT2D eigenvalue weighted by Gasteiger charge is -2.32. The second-order valence-corrected chi connectivity index (χ2v) is 7.26. The van der Waals surface area contributed by atoms with E-state index in [-0.39, 0.29) is 11.5 Å². The van der Waals surface area contributed by atoms with E-state index in [2.05, 4.69) is 14.8 Å². The highest BCUT2D eigenvalue weighted by Gasteiger charge is 2.27. The van der Waals surface area contributed by atoms with Crippen molar-refractivity contribution in [3.8, 4) is 0 Å². The molecular formula is C19H23FN4O. The maximum atomic E-state index is 13.8. The molecule has 2 heterocycles. The van der Waals surface area contributed by atoms with Gasteiger partial charge in [0, 0.05) is 26.1 Å². The van der Waals surface area contributed by atoms with Gasteiger partial charge in [0.1, 0.15) is 18.0 Å². The largest absolute Gasteiger partial charge is 0.339 e. The van der Waals surface area contributed by atoms with Gasteiger partial charge in [-0.1, -0.05) is 12.1 Å². The van der Waals surface area contributed by atoms with E-state index in [4.69, 9.17) is 0 Å². The topological polar surface area (TPSA) is 51.0 Å². The van der Waals surface area contributed by atoms with E-state index in [1.807, 2.05) is 6.33 Å². The summed E-state index contributed by atoms with van der Waals surface area (Å²) in [4.78, 5) is 14.3. The van der Waals surface area contributed by atoms with Crippen LogP contribution in [0.5, 0.6) is 0 Å². The Labute approximate surface area is 146 Å². The van der Waals surface area contributed by atoms with E-state index in [1.165, 1.54) is 18.9 Å². The number of piperidine rings is 1. The molecule has 1 saturated carbocycles. The van der Waals surface area contributed by atoms with E-state index < -0.39 is 5.82 Å². The van der Waals surface area contributed by atoms with Crippen molar-refractivity contribution in [1.29, 1.82) is 0 Å². The second kappa shape index (κ2) is 6.94. The number of likely N-dealkylation sites (tertiary alicyclic amines) is 1. The van der Waals surface area contributed by atoms with Crippen LogP contribution in [0.1, 0.15) is 41.9 Å². The Morgan fingerprint density at radius 2 is 1.88 bits per heavy atom. The molecule has 0 unspecified atom stereocenters. The number of nitrogens with zero attached hydrogens (tertiary/aromatic N) is 4. The lowest BCUT2D eigenvalue weighted by Crippen LogP contribution is -2.39. The number of rotatable bonds is 5. The molecule has 0 radical (unpaired) electrons. The zero-order valence-corrected chi connectivity index (χ0v) is 14.3. The summed E-state index contributed by atoms with van der Waals surface area (Å²) in [7, 11) is 0. The molecule has 2 fully saturated rings. The van der Waals surface area contributed by atoms with Gasteiger partial charge in [-0.2, -0.15) is 0 Å². The van der Waals surface area contributed by atoms with Gasteiger partial charge in [-0.05, 0) is 49.7 Å². The first-order valence-electron chi connectivity index (χ1n) is 9.11.